The zero-order valence-corrected chi connectivity index (χ0v) is 76.5. The van der Waals surface area contributed by atoms with Crippen LogP contribution in [0.25, 0.3) is 17.1 Å². The summed E-state index contributed by atoms with van der Waals surface area (Å²) in [5, 5.41) is 69.1. The number of hydrogen-bond acceptors (Lipinski definition) is 19. The van der Waals surface area contributed by atoms with E-state index in [1.165, 1.54) is 18.2 Å². The summed E-state index contributed by atoms with van der Waals surface area (Å²) >= 11 is 47.2. The highest BCUT2D eigenvalue weighted by atomic mass is 79.9. The summed E-state index contributed by atoms with van der Waals surface area (Å²) in [6, 6.07) is 56.7. The lowest BCUT2D eigenvalue weighted by atomic mass is 9.84. The Kier molecular flexibility index (Phi) is 39.1. The van der Waals surface area contributed by atoms with Gasteiger partial charge >= 0.3 is 17.9 Å². The molecular weight excluding hydrogens is 1780 g/mol. The zero-order chi connectivity index (χ0) is 88.6. The van der Waals surface area contributed by atoms with Gasteiger partial charge in [0.2, 0.25) is 5.70 Å². The summed E-state index contributed by atoms with van der Waals surface area (Å²) in [7, 11) is 1.76. The van der Waals surface area contributed by atoms with Crippen LogP contribution < -0.4 is 21.3 Å². The van der Waals surface area contributed by atoms with Gasteiger partial charge in [0.15, 0.2) is 20.9 Å². The van der Waals surface area contributed by atoms with E-state index in [1.807, 2.05) is 157 Å². The van der Waals surface area contributed by atoms with Crippen molar-refractivity contribution in [1.82, 2.24) is 24.7 Å². The quantitative estimate of drug-likeness (QED) is 0.00457. The Balaban J connectivity index is 0.000000211. The van der Waals surface area contributed by atoms with Gasteiger partial charge in [-0.1, -0.05) is 170 Å². The monoisotopic (exact) mass is 1860 g/mol. The summed E-state index contributed by atoms with van der Waals surface area (Å²) in [5.41, 5.74) is 15.9. The van der Waals surface area contributed by atoms with Crippen LogP contribution >= 0.6 is 122 Å². The second kappa shape index (κ2) is 48.6. The van der Waals surface area contributed by atoms with Gasteiger partial charge in [-0.05, 0) is 266 Å². The molecule has 121 heavy (non-hydrogen) atoms. The maximum atomic E-state index is 12.3. The molecule has 3 heterocycles. The lowest BCUT2D eigenvalue weighted by molar-refractivity contribution is -0.138. The van der Waals surface area contributed by atoms with E-state index in [2.05, 4.69) is 97.7 Å². The molecule has 8 N–H and O–H groups in total. The number of azo groups is 1. The number of thioether (sulfide) groups is 2. The highest BCUT2D eigenvalue weighted by molar-refractivity contribution is 9.10. The number of aliphatic carboxylic acids is 1. The number of para-hydroxylation sites is 1. The molecule has 32 heteroatoms. The number of amidine groups is 1. The number of nitriles is 1. The highest BCUT2D eigenvalue weighted by Gasteiger charge is 2.27. The average molecular weight is 1870 g/mol. The number of carboxylic acid groups (broad SMARTS) is 1. The van der Waals surface area contributed by atoms with E-state index in [-0.39, 0.29) is 67.8 Å². The molecule has 0 fully saturated rings. The number of phenols is 1. The minimum Gasteiger partial charge on any atom is -0.509 e. The number of nitrogens with zero attached hydrogens (tertiary/aromatic N) is 8. The van der Waals surface area contributed by atoms with Crippen LogP contribution in [0.15, 0.2) is 241 Å². The first-order chi connectivity index (χ1) is 57.8. The fraction of sp³-hybridized carbons (Fsp3) is 0.202. The van der Waals surface area contributed by atoms with Crippen molar-refractivity contribution >= 4 is 184 Å². The molecule has 0 saturated carbocycles. The van der Waals surface area contributed by atoms with Gasteiger partial charge in [0.05, 0.1) is 57.6 Å². The van der Waals surface area contributed by atoms with Crippen molar-refractivity contribution < 1.29 is 44.0 Å². The Hall–Kier alpha value is -10.7. The van der Waals surface area contributed by atoms with Crippen LogP contribution in [0, 0.1) is 71.5 Å². The van der Waals surface area contributed by atoms with Gasteiger partial charge < -0.3 is 46.1 Å². The van der Waals surface area contributed by atoms with Crippen LogP contribution in [0.3, 0.4) is 0 Å². The second-order valence-corrected chi connectivity index (χ2v) is 32.1. The molecule has 0 atom stereocenters. The number of ether oxygens (including phenoxy) is 2. The third-order valence-electron chi connectivity index (χ3n) is 17.4. The number of pyridine rings is 2. The lowest BCUT2D eigenvalue weighted by Gasteiger charge is -2.23. The molecule has 0 aliphatic rings. The maximum Gasteiger partial charge on any atom is 0.362 e. The van der Waals surface area contributed by atoms with Crippen molar-refractivity contribution in [2.45, 2.75) is 93.5 Å². The molecule has 11 rings (SSSR count). The van der Waals surface area contributed by atoms with E-state index in [9.17, 15) is 39.8 Å². The zero-order valence-electron chi connectivity index (χ0n) is 67.9. The molecule has 3 aromatic heterocycles. The number of H-pyrrole nitrogens is 1. The number of benzene rings is 8. The first kappa shape index (κ1) is 97.4. The molecule has 0 saturated heterocycles. The van der Waals surface area contributed by atoms with E-state index in [1.54, 1.807) is 99.6 Å². The molecule has 0 spiro atoms. The number of aliphatic hydroxyl groups excluding tert-OH is 1. The topological polar surface area (TPSA) is 316 Å². The van der Waals surface area contributed by atoms with Crippen molar-refractivity contribution in [2.75, 3.05) is 53.0 Å². The fourth-order valence-corrected chi connectivity index (χ4v) is 14.8. The molecule has 0 unspecified atom stereocenters. The number of thiocarbonyl (C=S) groups is 1. The Morgan fingerprint density at radius 1 is 0.702 bits per heavy atom. The number of carboxylic acids is 1. The SMILES string of the molecule is CCCSC(=NC)Nc1ccc(C(=O)OCC)cc1.CCOC(=O)C(N=Nc1ccc(Cl)cc1Cl)=C(O)CSc1nc(C)c(C)c(C)c1C#N.Cc1cc(Br)ccc1NC(=S)Nc1cccc(NC(=O)c2ccccc2O)c1.Cc1ccc(C(/C(Cl)=C(\Cl)C(=O)O)c2ccc(C)cc2C)c(C)c1.S=c1[nH]nc(-c2ccc(Cl)cc2)n1-c1cccnc1. The number of aliphatic hydroxyl groups is 1. The minimum absolute atomic E-state index is 0.0643. The third-order valence-corrected chi connectivity index (χ3v) is 22.2. The van der Waals surface area contributed by atoms with E-state index < -0.39 is 17.9 Å². The van der Waals surface area contributed by atoms with E-state index in [0.29, 0.717) is 48.4 Å². The molecule has 1 amide bonds. The molecular formula is C89H87BrCl5N13O9S4. The number of carbonyl (C=O) groups excluding carboxylic acids is 3. The summed E-state index contributed by atoms with van der Waals surface area (Å²) in [6.07, 6.45) is 4.56. The van der Waals surface area contributed by atoms with Crippen LogP contribution in [0.5, 0.6) is 5.75 Å². The van der Waals surface area contributed by atoms with Crippen molar-refractivity contribution in [3.63, 3.8) is 0 Å². The van der Waals surface area contributed by atoms with Crippen LogP contribution in [-0.2, 0) is 19.1 Å². The van der Waals surface area contributed by atoms with Crippen LogP contribution in [-0.4, -0.2) is 106 Å². The van der Waals surface area contributed by atoms with Gasteiger partial charge in [-0.15, -0.1) is 10.2 Å². The number of nitrogens with one attached hydrogen (secondary N) is 5. The lowest BCUT2D eigenvalue weighted by Crippen LogP contribution is -2.20. The van der Waals surface area contributed by atoms with Crippen LogP contribution in [0.4, 0.5) is 28.4 Å². The fourth-order valence-electron chi connectivity index (χ4n) is 11.2. The average Bonchev–Trinajstić information content (AvgIpc) is 1.77. The number of phenolic OH excluding ortho intramolecular Hbond substituents is 1. The van der Waals surface area contributed by atoms with Crippen LogP contribution in [0.1, 0.15) is 115 Å². The first-order valence-corrected chi connectivity index (χ1v) is 42.7. The van der Waals surface area contributed by atoms with Gasteiger partial charge in [0, 0.05) is 73.4 Å². The molecule has 0 aliphatic heterocycles. The minimum atomic E-state index is -1.22. The number of carbonyl (C=O) groups is 4. The highest BCUT2D eigenvalue weighted by Crippen LogP contribution is 2.41. The van der Waals surface area contributed by atoms with Gasteiger partial charge in [-0.25, -0.2) is 19.4 Å². The van der Waals surface area contributed by atoms with E-state index in [4.69, 9.17) is 91.9 Å². The van der Waals surface area contributed by atoms with E-state index >= 15 is 0 Å². The number of halogens is 6. The summed E-state index contributed by atoms with van der Waals surface area (Å²) < 4.78 is 13.3. The largest absolute Gasteiger partial charge is 0.509 e. The normalized spacial score (nSPS) is 11.3. The predicted octanol–water partition coefficient (Wildman–Crippen LogP) is 24.8. The molecule has 0 aliphatic carbocycles. The van der Waals surface area contributed by atoms with Crippen molar-refractivity contribution in [1.29, 1.82) is 5.26 Å². The van der Waals surface area contributed by atoms with Gasteiger partial charge in [0.25, 0.3) is 5.91 Å². The number of aromatic amines is 1. The van der Waals surface area contributed by atoms with Crippen molar-refractivity contribution in [3.8, 4) is 28.9 Å². The molecule has 11 aromatic rings. The third kappa shape index (κ3) is 29.3. The molecule has 628 valence electrons. The number of rotatable bonds is 22. The Bertz CT molecular complexity index is 5700. The number of allylic oxidation sites excluding steroid dienone is 1. The number of hydrogen-bond donors (Lipinski definition) is 8. The van der Waals surface area contributed by atoms with Gasteiger partial charge in [-0.2, -0.15) is 10.4 Å². The summed E-state index contributed by atoms with van der Waals surface area (Å²) in [6.45, 7) is 21.6. The maximum absolute atomic E-state index is 12.3. The molecule has 8 aromatic carbocycles. The van der Waals surface area contributed by atoms with Gasteiger partial charge in [-0.3, -0.25) is 24.4 Å². The Labute approximate surface area is 755 Å². The van der Waals surface area contributed by atoms with Crippen molar-refractivity contribution in [2.24, 2.45) is 15.2 Å². The number of aromatic hydroxyl groups is 1. The van der Waals surface area contributed by atoms with E-state index in [0.717, 1.165) is 123 Å². The molecule has 0 radical (unpaired) electrons. The number of aryl methyl sites for hydroxylation is 6. The van der Waals surface area contributed by atoms with Gasteiger partial charge in [0.1, 0.15) is 33.3 Å². The number of amides is 1. The number of anilines is 4. The Morgan fingerprint density at radius 3 is 1.93 bits per heavy atom. The smallest absolute Gasteiger partial charge is 0.362 e. The van der Waals surface area contributed by atoms with Crippen LogP contribution in [0.2, 0.25) is 15.1 Å². The molecule has 0 bridgehead atoms. The Morgan fingerprint density at radius 2 is 1.35 bits per heavy atom. The number of aromatic nitrogens is 5. The predicted molar refractivity (Wildman–Crippen MR) is 502 cm³/mol. The molecule has 22 nitrogen and oxygen atoms in total. The summed E-state index contributed by atoms with van der Waals surface area (Å²) in [5.74, 6) is -1.87. The van der Waals surface area contributed by atoms with Crippen molar-refractivity contribution in [3.05, 3.63) is 313 Å². The second-order valence-electron chi connectivity index (χ2n) is 26.3. The standard InChI is InChI=1S/C21H18BrN3O2S.C21H20Cl2N4O3S.C20H20Cl2O2.C14H20N2O2S.C13H9ClN4S/c1-13-11-14(22)9-10-18(13)25-21(28)24-16-6-4-5-15(12-16)23-20(27)17-7-2-3-8-19(17)26;1-5-30-21(29)19(27-26-17-7-6-14(22)8-16(17)23)18(28)10-31-20-15(9-24)12(3)11(2)13(4)25-20;1-11-5-7-15(13(3)9-11)17(18(21)19(22)20(23)24)16-8-6-12(2)10-14(16)4;1-4-10-19-14(15-3)16-12-8-6-11(7-9-12)13(17)18-5-2;14-10-5-3-9(4-6-10)12-16-17-13(19)18(12)11-2-1-7-15-8-11/h2-12,26H,1H3,(H,23,27)(H2,24,25,28);6-8,28H,5,10H2,1-4H3;5-10,17H,1-4H3,(H,23,24);6-9H,4-5,10H2,1-3H3,(H,15,16);1-8H,(H,17,19)/b;;19-18+;;. The number of aliphatic imine (C=N–C) groups is 1. The summed E-state index contributed by atoms with van der Waals surface area (Å²) in [4.78, 5) is 60.2. The number of esters is 2. The first-order valence-electron chi connectivity index (χ1n) is 37.2.